The van der Waals surface area contributed by atoms with Crippen LogP contribution in [0.3, 0.4) is 0 Å². The van der Waals surface area contributed by atoms with Crippen LogP contribution in [0.2, 0.25) is 0 Å². The molecule has 2 aromatic rings. The lowest BCUT2D eigenvalue weighted by Crippen LogP contribution is -2.33. The van der Waals surface area contributed by atoms with E-state index in [0.717, 1.165) is 11.6 Å². The number of carbonyl (C=O) groups is 2. The number of carbonyl (C=O) groups excluding carboxylic acids is 2. The van der Waals surface area contributed by atoms with Gasteiger partial charge in [0, 0.05) is 18.2 Å². The molecule has 1 aliphatic rings. The molecule has 0 aliphatic carbocycles. The first-order valence-corrected chi connectivity index (χ1v) is 9.26. The number of nitrogens with zero attached hydrogens (tertiary/aromatic N) is 1. The maximum absolute atomic E-state index is 12.7. The number of aliphatic hydroxyl groups is 1. The Kier molecular flexibility index (Phi) is 5.86. The molecule has 0 bridgehead atoms. The molecule has 158 valence electrons. The Bertz CT molecular complexity index is 1030. The topological polar surface area (TPSA) is 117 Å². The van der Waals surface area contributed by atoms with Crippen molar-refractivity contribution in [2.75, 3.05) is 20.8 Å². The SMILES string of the molecule is COc1ccc(CCN2C(=O)C(O)=C(C(C)=O)C2c2ccc(O)cc2O)cc1OC. The molecule has 0 spiro atoms. The van der Waals surface area contributed by atoms with Gasteiger partial charge in [-0.15, -0.1) is 0 Å². The van der Waals surface area contributed by atoms with E-state index in [-0.39, 0.29) is 29.2 Å². The number of hydrogen-bond acceptors (Lipinski definition) is 7. The average Bonchev–Trinajstić information content (AvgIpc) is 2.96. The van der Waals surface area contributed by atoms with E-state index in [4.69, 9.17) is 9.47 Å². The van der Waals surface area contributed by atoms with E-state index in [2.05, 4.69) is 0 Å². The summed E-state index contributed by atoms with van der Waals surface area (Å²) >= 11 is 0. The highest BCUT2D eigenvalue weighted by Gasteiger charge is 2.43. The van der Waals surface area contributed by atoms with Gasteiger partial charge in [-0.3, -0.25) is 9.59 Å². The predicted octanol–water partition coefficient (Wildman–Crippen LogP) is 2.64. The molecule has 0 saturated carbocycles. The second-order valence-corrected chi connectivity index (χ2v) is 6.90. The minimum atomic E-state index is -0.962. The fourth-order valence-electron chi connectivity index (χ4n) is 3.62. The molecule has 2 aromatic carbocycles. The lowest BCUT2D eigenvalue weighted by Gasteiger charge is -2.27. The highest BCUT2D eigenvalue weighted by molar-refractivity contribution is 6.08. The molecule has 3 rings (SSSR count). The van der Waals surface area contributed by atoms with Crippen molar-refractivity contribution < 1.29 is 34.4 Å². The van der Waals surface area contributed by atoms with Crippen LogP contribution in [0.4, 0.5) is 0 Å². The van der Waals surface area contributed by atoms with Crippen LogP contribution in [0.15, 0.2) is 47.7 Å². The van der Waals surface area contributed by atoms with Gasteiger partial charge in [0.25, 0.3) is 5.91 Å². The van der Waals surface area contributed by atoms with Gasteiger partial charge in [-0.2, -0.15) is 0 Å². The Morgan fingerprint density at radius 1 is 1.03 bits per heavy atom. The Morgan fingerprint density at radius 2 is 1.73 bits per heavy atom. The van der Waals surface area contributed by atoms with E-state index in [1.54, 1.807) is 12.1 Å². The number of ether oxygens (including phenoxy) is 2. The van der Waals surface area contributed by atoms with E-state index < -0.39 is 23.5 Å². The quantitative estimate of drug-likeness (QED) is 0.639. The van der Waals surface area contributed by atoms with Gasteiger partial charge in [0.05, 0.1) is 25.8 Å². The number of aromatic hydroxyl groups is 2. The van der Waals surface area contributed by atoms with Crippen LogP contribution < -0.4 is 9.47 Å². The van der Waals surface area contributed by atoms with Crippen molar-refractivity contribution in [2.45, 2.75) is 19.4 Å². The molecule has 1 aliphatic heterocycles. The largest absolute Gasteiger partial charge is 0.508 e. The number of ketones is 1. The molecule has 1 heterocycles. The molecule has 8 nitrogen and oxygen atoms in total. The second kappa shape index (κ2) is 8.36. The smallest absolute Gasteiger partial charge is 0.290 e. The van der Waals surface area contributed by atoms with E-state index in [9.17, 15) is 24.9 Å². The Hall–Kier alpha value is -3.68. The predicted molar refractivity (Wildman–Crippen MR) is 108 cm³/mol. The van der Waals surface area contributed by atoms with E-state index in [1.807, 2.05) is 6.07 Å². The van der Waals surface area contributed by atoms with Crippen LogP contribution in [0, 0.1) is 0 Å². The number of benzene rings is 2. The highest BCUT2D eigenvalue weighted by atomic mass is 16.5. The second-order valence-electron chi connectivity index (χ2n) is 6.90. The molecule has 1 amide bonds. The third-order valence-corrected chi connectivity index (χ3v) is 5.08. The number of Topliss-reactive ketones (excluding diaryl/α,β-unsaturated/α-hetero) is 1. The van der Waals surface area contributed by atoms with Crippen molar-refractivity contribution in [3.63, 3.8) is 0 Å². The fraction of sp³-hybridized carbons (Fsp3) is 0.273. The van der Waals surface area contributed by atoms with Crippen molar-refractivity contribution >= 4 is 11.7 Å². The van der Waals surface area contributed by atoms with Crippen LogP contribution in [-0.4, -0.2) is 52.7 Å². The zero-order valence-corrected chi connectivity index (χ0v) is 16.9. The minimum absolute atomic E-state index is 0.0895. The number of methoxy groups -OCH3 is 2. The highest BCUT2D eigenvalue weighted by Crippen LogP contribution is 2.42. The Balaban J connectivity index is 1.94. The van der Waals surface area contributed by atoms with Gasteiger partial charge in [-0.1, -0.05) is 6.07 Å². The third-order valence-electron chi connectivity index (χ3n) is 5.08. The molecule has 1 unspecified atom stereocenters. The monoisotopic (exact) mass is 413 g/mol. The normalized spacial score (nSPS) is 16.2. The van der Waals surface area contributed by atoms with Crippen molar-refractivity contribution in [3.05, 3.63) is 58.9 Å². The average molecular weight is 413 g/mol. The van der Waals surface area contributed by atoms with Crippen molar-refractivity contribution in [1.82, 2.24) is 4.90 Å². The number of amides is 1. The van der Waals surface area contributed by atoms with Gasteiger partial charge >= 0.3 is 0 Å². The van der Waals surface area contributed by atoms with Crippen LogP contribution in [0.25, 0.3) is 0 Å². The van der Waals surface area contributed by atoms with Gasteiger partial charge in [0.1, 0.15) is 11.5 Å². The summed E-state index contributed by atoms with van der Waals surface area (Å²) in [6.45, 7) is 1.42. The summed E-state index contributed by atoms with van der Waals surface area (Å²) in [5.74, 6) is -1.13. The van der Waals surface area contributed by atoms with Crippen molar-refractivity contribution in [1.29, 1.82) is 0 Å². The third kappa shape index (κ3) is 3.76. The van der Waals surface area contributed by atoms with E-state index in [1.165, 1.54) is 38.2 Å². The maximum atomic E-state index is 12.7. The van der Waals surface area contributed by atoms with Crippen LogP contribution in [0.1, 0.15) is 24.1 Å². The first-order chi connectivity index (χ1) is 14.3. The molecule has 0 fully saturated rings. The lowest BCUT2D eigenvalue weighted by molar-refractivity contribution is -0.129. The molecule has 8 heteroatoms. The van der Waals surface area contributed by atoms with Crippen molar-refractivity contribution in [2.24, 2.45) is 0 Å². The molecular formula is C22H23NO7. The standard InChI is InChI=1S/C22H23NO7/c1-12(24)19-20(15-6-5-14(25)11-16(15)26)23(22(28)21(19)27)9-8-13-4-7-17(29-2)18(10-13)30-3/h4-7,10-11,20,25-27H,8-9H2,1-3H3. The first-order valence-electron chi connectivity index (χ1n) is 9.26. The van der Waals surface area contributed by atoms with Gasteiger partial charge in [-0.25, -0.2) is 0 Å². The molecule has 0 saturated heterocycles. The maximum Gasteiger partial charge on any atom is 0.290 e. The van der Waals surface area contributed by atoms with Gasteiger partial charge in [-0.05, 0) is 43.2 Å². The van der Waals surface area contributed by atoms with Crippen LogP contribution >= 0.6 is 0 Å². The molecule has 0 aromatic heterocycles. The van der Waals surface area contributed by atoms with E-state index in [0.29, 0.717) is 17.9 Å². The molecule has 3 N–H and O–H groups in total. The number of hydrogen-bond donors (Lipinski definition) is 3. The number of phenols is 2. The van der Waals surface area contributed by atoms with Gasteiger partial charge in [0.15, 0.2) is 23.0 Å². The zero-order chi connectivity index (χ0) is 22.0. The molecule has 30 heavy (non-hydrogen) atoms. The summed E-state index contributed by atoms with van der Waals surface area (Å²) < 4.78 is 10.5. The summed E-state index contributed by atoms with van der Waals surface area (Å²) in [6.07, 6.45) is 0.403. The number of aliphatic hydroxyl groups excluding tert-OH is 1. The summed E-state index contributed by atoms with van der Waals surface area (Å²) in [5, 5.41) is 30.2. The Labute approximate surface area is 173 Å². The van der Waals surface area contributed by atoms with E-state index >= 15 is 0 Å². The van der Waals surface area contributed by atoms with Crippen LogP contribution in [0.5, 0.6) is 23.0 Å². The molecule has 0 radical (unpaired) electrons. The molecular weight excluding hydrogens is 390 g/mol. The fourth-order valence-corrected chi connectivity index (χ4v) is 3.62. The van der Waals surface area contributed by atoms with Crippen molar-refractivity contribution in [3.8, 4) is 23.0 Å². The summed E-state index contributed by atoms with van der Waals surface area (Å²) in [6, 6.07) is 8.29. The molecule has 1 atom stereocenters. The summed E-state index contributed by atoms with van der Waals surface area (Å²) in [7, 11) is 3.06. The number of phenolic OH excluding ortho intramolecular Hbond substituents is 2. The summed E-state index contributed by atoms with van der Waals surface area (Å²) in [5.41, 5.74) is 1.00. The van der Waals surface area contributed by atoms with Gasteiger partial charge in [0.2, 0.25) is 0 Å². The number of rotatable bonds is 7. The zero-order valence-electron chi connectivity index (χ0n) is 16.9. The minimum Gasteiger partial charge on any atom is -0.508 e. The first kappa shape index (κ1) is 21.0. The lowest BCUT2D eigenvalue weighted by atomic mass is 9.95. The van der Waals surface area contributed by atoms with Gasteiger partial charge < -0.3 is 29.7 Å². The Morgan fingerprint density at radius 3 is 2.33 bits per heavy atom. The summed E-state index contributed by atoms with van der Waals surface area (Å²) in [4.78, 5) is 26.2. The van der Waals surface area contributed by atoms with Crippen LogP contribution in [-0.2, 0) is 16.0 Å².